The Bertz CT molecular complexity index is 705. The average Bonchev–Trinajstić information content (AvgIpc) is 3.09. The van der Waals surface area contributed by atoms with Crippen LogP contribution >= 0.6 is 24.0 Å². The molecule has 1 aromatic heterocycles. The van der Waals surface area contributed by atoms with Crippen LogP contribution in [0.3, 0.4) is 0 Å². The van der Waals surface area contributed by atoms with E-state index in [4.69, 9.17) is 21.4 Å². The van der Waals surface area contributed by atoms with Gasteiger partial charge in [-0.15, -0.1) is 0 Å². The molecule has 0 aliphatic carbocycles. The van der Waals surface area contributed by atoms with Crippen molar-refractivity contribution in [2.45, 2.75) is 0 Å². The lowest BCUT2D eigenvalue weighted by Gasteiger charge is -2.14. The van der Waals surface area contributed by atoms with Crippen molar-refractivity contribution in [3.63, 3.8) is 0 Å². The van der Waals surface area contributed by atoms with E-state index in [1.54, 1.807) is 43.9 Å². The first-order valence-electron chi connectivity index (χ1n) is 6.13. The Morgan fingerprint density at radius 3 is 2.67 bits per heavy atom. The maximum atomic E-state index is 12.5. The molecule has 0 spiro atoms. The average molecular weight is 317 g/mol. The molecule has 2 heterocycles. The van der Waals surface area contributed by atoms with Crippen LogP contribution in [0.25, 0.3) is 6.08 Å². The van der Waals surface area contributed by atoms with Gasteiger partial charge in [-0.05, 0) is 36.4 Å². The zero-order valence-electron chi connectivity index (χ0n) is 11.1. The van der Waals surface area contributed by atoms with Gasteiger partial charge in [-0.1, -0.05) is 24.0 Å². The minimum atomic E-state index is -0.128. The second kappa shape index (κ2) is 5.75. The van der Waals surface area contributed by atoms with E-state index in [2.05, 4.69) is 0 Å². The van der Waals surface area contributed by atoms with Gasteiger partial charge in [-0.25, -0.2) is 0 Å². The van der Waals surface area contributed by atoms with Crippen LogP contribution in [0.2, 0.25) is 0 Å². The Balaban J connectivity index is 1.90. The van der Waals surface area contributed by atoms with Crippen LogP contribution in [0, 0.1) is 0 Å². The lowest BCUT2D eigenvalue weighted by atomic mass is 10.2. The number of hydrogen-bond donors (Lipinski definition) is 0. The number of carbonyl (C=O) groups is 1. The summed E-state index contributed by atoms with van der Waals surface area (Å²) in [5.41, 5.74) is 1.57. The van der Waals surface area contributed by atoms with Crippen LogP contribution in [0.15, 0.2) is 52.2 Å². The molecular formula is C15H11NO3S2. The van der Waals surface area contributed by atoms with Crippen molar-refractivity contribution in [3.05, 3.63) is 53.3 Å². The van der Waals surface area contributed by atoms with Crippen molar-refractivity contribution in [2.24, 2.45) is 0 Å². The van der Waals surface area contributed by atoms with E-state index in [1.165, 1.54) is 16.7 Å². The monoisotopic (exact) mass is 317 g/mol. The molecule has 0 bridgehead atoms. The molecule has 1 fully saturated rings. The molecule has 0 atom stereocenters. The summed E-state index contributed by atoms with van der Waals surface area (Å²) in [6.07, 6.45) is 4.92. The second-order valence-corrected chi connectivity index (χ2v) is 5.95. The molecule has 0 N–H and O–H groups in total. The molecule has 2 aromatic rings. The van der Waals surface area contributed by atoms with Crippen LogP contribution in [0.4, 0.5) is 5.69 Å². The highest BCUT2D eigenvalue weighted by atomic mass is 32.2. The van der Waals surface area contributed by atoms with Crippen LogP contribution in [0.1, 0.15) is 5.56 Å². The smallest absolute Gasteiger partial charge is 0.270 e. The summed E-state index contributed by atoms with van der Waals surface area (Å²) >= 11 is 6.59. The lowest BCUT2D eigenvalue weighted by molar-refractivity contribution is -0.113. The number of rotatable bonds is 3. The van der Waals surface area contributed by atoms with Gasteiger partial charge in [0.1, 0.15) is 5.75 Å². The van der Waals surface area contributed by atoms with Crippen molar-refractivity contribution in [3.8, 4) is 5.75 Å². The van der Waals surface area contributed by atoms with E-state index in [0.717, 1.165) is 17.0 Å². The summed E-state index contributed by atoms with van der Waals surface area (Å²) in [7, 11) is 1.60. The normalized spacial score (nSPS) is 16.8. The molecular weight excluding hydrogens is 306 g/mol. The van der Waals surface area contributed by atoms with Crippen LogP contribution in [0.5, 0.6) is 5.75 Å². The standard InChI is InChI=1S/C15H11NO3S2/c1-18-12-4-2-11(3-5-12)16-14(17)13(21-15(16)20)8-10-6-7-19-9-10/h2-9H,1H3/b13-8-. The molecule has 0 radical (unpaired) electrons. The summed E-state index contributed by atoms with van der Waals surface area (Å²) < 4.78 is 10.6. The molecule has 1 aliphatic heterocycles. The maximum absolute atomic E-state index is 12.5. The summed E-state index contributed by atoms with van der Waals surface area (Å²) in [6, 6.07) is 9.01. The molecule has 1 aromatic carbocycles. The highest BCUT2D eigenvalue weighted by Crippen LogP contribution is 2.36. The van der Waals surface area contributed by atoms with Gasteiger partial charge in [0.2, 0.25) is 0 Å². The molecule has 1 aliphatic rings. The predicted octanol–water partition coefficient (Wildman–Crippen LogP) is 3.69. The van der Waals surface area contributed by atoms with E-state index >= 15 is 0 Å². The first-order chi connectivity index (χ1) is 10.2. The second-order valence-electron chi connectivity index (χ2n) is 4.27. The van der Waals surface area contributed by atoms with E-state index in [-0.39, 0.29) is 5.91 Å². The molecule has 1 saturated heterocycles. The SMILES string of the molecule is COc1ccc(N2C(=O)/C(=C/c3ccoc3)SC2=S)cc1. The highest BCUT2D eigenvalue weighted by Gasteiger charge is 2.33. The number of methoxy groups -OCH3 is 1. The van der Waals surface area contributed by atoms with Gasteiger partial charge in [0, 0.05) is 5.56 Å². The third-order valence-corrected chi connectivity index (χ3v) is 4.27. The van der Waals surface area contributed by atoms with Gasteiger partial charge in [-0.3, -0.25) is 9.69 Å². The zero-order valence-corrected chi connectivity index (χ0v) is 12.7. The number of nitrogens with zero attached hydrogens (tertiary/aromatic N) is 1. The fourth-order valence-electron chi connectivity index (χ4n) is 1.93. The minimum absolute atomic E-state index is 0.128. The fraction of sp³-hybridized carbons (Fsp3) is 0.0667. The fourth-order valence-corrected chi connectivity index (χ4v) is 3.23. The van der Waals surface area contributed by atoms with Gasteiger partial charge in [0.15, 0.2) is 4.32 Å². The van der Waals surface area contributed by atoms with Crippen molar-refractivity contribution in [1.82, 2.24) is 0 Å². The number of hydrogen-bond acceptors (Lipinski definition) is 5. The van der Waals surface area contributed by atoms with Crippen molar-refractivity contribution >= 4 is 46.0 Å². The number of carbonyl (C=O) groups excluding carboxylic acids is 1. The molecule has 3 rings (SSSR count). The first kappa shape index (κ1) is 13.9. The first-order valence-corrected chi connectivity index (χ1v) is 7.36. The van der Waals surface area contributed by atoms with Crippen molar-refractivity contribution < 1.29 is 13.9 Å². The molecule has 1 amide bonds. The minimum Gasteiger partial charge on any atom is -0.497 e. The summed E-state index contributed by atoms with van der Waals surface area (Å²) in [6.45, 7) is 0. The number of furan rings is 1. The van der Waals surface area contributed by atoms with E-state index in [0.29, 0.717) is 9.23 Å². The largest absolute Gasteiger partial charge is 0.497 e. The number of benzene rings is 1. The van der Waals surface area contributed by atoms with Gasteiger partial charge in [0.25, 0.3) is 5.91 Å². The Morgan fingerprint density at radius 2 is 2.05 bits per heavy atom. The number of ether oxygens (including phenoxy) is 1. The molecule has 106 valence electrons. The van der Waals surface area contributed by atoms with E-state index in [1.807, 2.05) is 12.1 Å². The van der Waals surface area contributed by atoms with Gasteiger partial charge < -0.3 is 9.15 Å². The Hall–Kier alpha value is -2.05. The molecule has 0 saturated carbocycles. The van der Waals surface area contributed by atoms with Crippen LogP contribution in [-0.4, -0.2) is 17.3 Å². The Morgan fingerprint density at radius 1 is 1.29 bits per heavy atom. The molecule has 0 unspecified atom stereocenters. The van der Waals surface area contributed by atoms with Gasteiger partial charge >= 0.3 is 0 Å². The van der Waals surface area contributed by atoms with Gasteiger partial charge in [-0.2, -0.15) is 0 Å². The summed E-state index contributed by atoms with van der Waals surface area (Å²) in [4.78, 5) is 14.6. The predicted molar refractivity (Wildman–Crippen MR) is 87.4 cm³/mol. The van der Waals surface area contributed by atoms with E-state index < -0.39 is 0 Å². The maximum Gasteiger partial charge on any atom is 0.270 e. The third-order valence-electron chi connectivity index (χ3n) is 2.97. The van der Waals surface area contributed by atoms with E-state index in [9.17, 15) is 4.79 Å². The summed E-state index contributed by atoms with van der Waals surface area (Å²) in [5, 5.41) is 0. The topological polar surface area (TPSA) is 42.7 Å². The van der Waals surface area contributed by atoms with Crippen molar-refractivity contribution in [1.29, 1.82) is 0 Å². The number of amides is 1. The summed E-state index contributed by atoms with van der Waals surface area (Å²) in [5.74, 6) is 0.606. The number of anilines is 1. The quantitative estimate of drug-likeness (QED) is 0.638. The lowest BCUT2D eigenvalue weighted by Crippen LogP contribution is -2.27. The van der Waals surface area contributed by atoms with Crippen LogP contribution in [-0.2, 0) is 4.79 Å². The number of thioether (sulfide) groups is 1. The highest BCUT2D eigenvalue weighted by molar-refractivity contribution is 8.27. The number of thiocarbonyl (C=S) groups is 1. The molecule has 4 nitrogen and oxygen atoms in total. The Kier molecular flexibility index (Phi) is 3.81. The molecule has 6 heteroatoms. The van der Waals surface area contributed by atoms with Crippen LogP contribution < -0.4 is 9.64 Å². The zero-order chi connectivity index (χ0) is 14.8. The Labute approximate surface area is 131 Å². The van der Waals surface area contributed by atoms with Crippen molar-refractivity contribution in [2.75, 3.05) is 12.0 Å². The van der Waals surface area contributed by atoms with Gasteiger partial charge in [0.05, 0.1) is 30.2 Å². The third kappa shape index (κ3) is 2.72. The molecule has 21 heavy (non-hydrogen) atoms.